The van der Waals surface area contributed by atoms with Gasteiger partial charge in [0.1, 0.15) is 12.4 Å². The number of rotatable bonds is 6. The van der Waals surface area contributed by atoms with E-state index in [1.54, 1.807) is 30.3 Å². The maximum atomic E-state index is 11.9. The van der Waals surface area contributed by atoms with E-state index in [1.807, 2.05) is 24.3 Å². The van der Waals surface area contributed by atoms with Crippen LogP contribution in [0.25, 0.3) is 0 Å². The number of ether oxygens (including phenoxy) is 1. The summed E-state index contributed by atoms with van der Waals surface area (Å²) in [5.74, 6) is 0.349. The molecule has 2 rings (SSSR count). The fraction of sp³-hybridized carbons (Fsp3) is 0.0588. The molecule has 0 heterocycles. The summed E-state index contributed by atoms with van der Waals surface area (Å²) < 4.78 is 5.42. The zero-order valence-corrected chi connectivity index (χ0v) is 12.6. The number of carbonyl (C=O) groups excluding carboxylic acids is 1. The van der Waals surface area contributed by atoms with Gasteiger partial charge in [-0.1, -0.05) is 48.5 Å². The first-order valence-corrected chi connectivity index (χ1v) is 7.00. The molecule has 1 N–H and O–H groups in total. The monoisotopic (exact) mass is 314 g/mol. The number of hydrazone groups is 1. The Balaban J connectivity index is 1.99. The molecule has 5 heteroatoms. The van der Waals surface area contributed by atoms with Gasteiger partial charge in [0.25, 0.3) is 5.91 Å². The normalized spacial score (nSPS) is 10.4. The minimum absolute atomic E-state index is 0.360. The van der Waals surface area contributed by atoms with Crippen molar-refractivity contribution in [1.82, 2.24) is 5.43 Å². The lowest BCUT2D eigenvalue weighted by Gasteiger charge is -2.04. The number of nitrogens with zero attached hydrogens (tertiary/aromatic N) is 1. The maximum Gasteiger partial charge on any atom is 0.272 e. The summed E-state index contributed by atoms with van der Waals surface area (Å²) in [6.45, 7) is 4.03. The van der Waals surface area contributed by atoms with Gasteiger partial charge in [0.05, 0.1) is 16.8 Å². The largest absolute Gasteiger partial charge is 0.490 e. The molecule has 0 unspecified atom stereocenters. The number of halogens is 1. The third-order valence-corrected chi connectivity index (χ3v) is 3.05. The lowest BCUT2D eigenvalue weighted by Crippen LogP contribution is -2.17. The summed E-state index contributed by atoms with van der Waals surface area (Å²) in [5.41, 5.74) is 3.63. The minimum Gasteiger partial charge on any atom is -0.490 e. The van der Waals surface area contributed by atoms with Crippen molar-refractivity contribution in [1.29, 1.82) is 0 Å². The molecule has 0 bridgehead atoms. The highest BCUT2D eigenvalue weighted by molar-refractivity contribution is 6.33. The molecule has 0 aliphatic carbocycles. The van der Waals surface area contributed by atoms with Gasteiger partial charge in [0.2, 0.25) is 0 Å². The molecular weight excluding hydrogens is 300 g/mol. The van der Waals surface area contributed by atoms with Gasteiger partial charge < -0.3 is 4.74 Å². The molecule has 0 radical (unpaired) electrons. The highest BCUT2D eigenvalue weighted by atomic mass is 35.5. The second-order valence-corrected chi connectivity index (χ2v) is 4.76. The SMILES string of the molecule is C=CCOc1cccc(/C=N\NC(=O)c2ccccc2Cl)c1. The van der Waals surface area contributed by atoms with Gasteiger partial charge in [-0.15, -0.1) is 0 Å². The van der Waals surface area contributed by atoms with Crippen molar-refractivity contribution in [2.45, 2.75) is 0 Å². The molecule has 1 amide bonds. The third-order valence-electron chi connectivity index (χ3n) is 2.72. The van der Waals surface area contributed by atoms with Crippen LogP contribution in [0.1, 0.15) is 15.9 Å². The van der Waals surface area contributed by atoms with Crippen molar-refractivity contribution in [3.8, 4) is 5.75 Å². The first-order chi connectivity index (χ1) is 10.7. The average molecular weight is 315 g/mol. The lowest BCUT2D eigenvalue weighted by molar-refractivity contribution is 0.0955. The van der Waals surface area contributed by atoms with Crippen LogP contribution in [0.5, 0.6) is 5.75 Å². The molecule has 0 saturated carbocycles. The Morgan fingerprint density at radius 1 is 1.27 bits per heavy atom. The van der Waals surface area contributed by atoms with E-state index < -0.39 is 0 Å². The summed E-state index contributed by atoms with van der Waals surface area (Å²) in [6.07, 6.45) is 3.21. The van der Waals surface area contributed by atoms with Crippen molar-refractivity contribution in [3.05, 3.63) is 77.3 Å². The summed E-state index contributed by atoms with van der Waals surface area (Å²) in [6, 6.07) is 14.1. The predicted molar refractivity (Wildman–Crippen MR) is 88.6 cm³/mol. The van der Waals surface area contributed by atoms with Crippen molar-refractivity contribution in [2.24, 2.45) is 5.10 Å². The Morgan fingerprint density at radius 2 is 2.09 bits per heavy atom. The van der Waals surface area contributed by atoms with Crippen LogP contribution in [-0.2, 0) is 0 Å². The Bertz CT molecular complexity index is 699. The molecule has 4 nitrogen and oxygen atoms in total. The molecule has 0 aliphatic rings. The van der Waals surface area contributed by atoms with Gasteiger partial charge in [-0.2, -0.15) is 5.10 Å². The highest BCUT2D eigenvalue weighted by Gasteiger charge is 2.07. The first-order valence-electron chi connectivity index (χ1n) is 6.62. The molecule has 2 aromatic rings. The number of amides is 1. The van der Waals surface area contributed by atoms with E-state index in [1.165, 1.54) is 6.21 Å². The number of nitrogens with one attached hydrogen (secondary N) is 1. The highest BCUT2D eigenvalue weighted by Crippen LogP contribution is 2.14. The van der Waals surface area contributed by atoms with Crippen LogP contribution in [0.3, 0.4) is 0 Å². The maximum absolute atomic E-state index is 11.9. The third kappa shape index (κ3) is 4.46. The molecule has 0 spiro atoms. The molecule has 0 atom stereocenters. The minimum atomic E-state index is -0.360. The van der Waals surface area contributed by atoms with E-state index in [0.717, 1.165) is 5.56 Å². The van der Waals surface area contributed by atoms with E-state index in [-0.39, 0.29) is 5.91 Å². The standard InChI is InChI=1S/C17H15ClN2O2/c1-2-10-22-14-7-5-6-13(11-14)12-19-20-17(21)15-8-3-4-9-16(15)18/h2-9,11-12H,1,10H2,(H,20,21)/b19-12-. The van der Waals surface area contributed by atoms with Gasteiger partial charge >= 0.3 is 0 Å². The first kappa shape index (κ1) is 15.8. The molecule has 112 valence electrons. The summed E-state index contributed by atoms with van der Waals surface area (Å²) in [5, 5.41) is 4.31. The van der Waals surface area contributed by atoms with Gasteiger partial charge in [-0.05, 0) is 29.8 Å². The lowest BCUT2D eigenvalue weighted by atomic mass is 10.2. The van der Waals surface area contributed by atoms with Crippen LogP contribution in [0.2, 0.25) is 5.02 Å². The van der Waals surface area contributed by atoms with E-state index in [4.69, 9.17) is 16.3 Å². The molecular formula is C17H15ClN2O2. The number of benzene rings is 2. The second kappa shape index (κ2) is 8.00. The fourth-order valence-electron chi connectivity index (χ4n) is 1.71. The van der Waals surface area contributed by atoms with Gasteiger partial charge in [-0.25, -0.2) is 5.43 Å². The summed E-state index contributed by atoms with van der Waals surface area (Å²) in [4.78, 5) is 11.9. The van der Waals surface area contributed by atoms with Gasteiger partial charge in [0, 0.05) is 0 Å². The van der Waals surface area contributed by atoms with Crippen molar-refractivity contribution in [3.63, 3.8) is 0 Å². The molecule has 2 aromatic carbocycles. The van der Waals surface area contributed by atoms with Gasteiger partial charge in [0.15, 0.2) is 0 Å². The Labute approximate surface area is 134 Å². The van der Waals surface area contributed by atoms with E-state index in [2.05, 4.69) is 17.1 Å². The number of carbonyl (C=O) groups is 1. The molecule has 0 aliphatic heterocycles. The van der Waals surface area contributed by atoms with Crippen LogP contribution in [0, 0.1) is 0 Å². The van der Waals surface area contributed by atoms with Crippen LogP contribution < -0.4 is 10.2 Å². The molecule has 0 saturated heterocycles. The quantitative estimate of drug-likeness (QED) is 0.502. The zero-order valence-electron chi connectivity index (χ0n) is 11.8. The van der Waals surface area contributed by atoms with Crippen molar-refractivity contribution in [2.75, 3.05) is 6.61 Å². The molecule has 22 heavy (non-hydrogen) atoms. The zero-order chi connectivity index (χ0) is 15.8. The Kier molecular flexibility index (Phi) is 5.74. The smallest absolute Gasteiger partial charge is 0.272 e. The predicted octanol–water partition coefficient (Wildman–Crippen LogP) is 3.67. The number of hydrogen-bond donors (Lipinski definition) is 1. The summed E-state index contributed by atoms with van der Waals surface area (Å²) in [7, 11) is 0. The topological polar surface area (TPSA) is 50.7 Å². The van der Waals surface area contributed by atoms with E-state index in [9.17, 15) is 4.79 Å². The van der Waals surface area contributed by atoms with E-state index in [0.29, 0.717) is 22.9 Å². The van der Waals surface area contributed by atoms with Crippen LogP contribution in [0.4, 0.5) is 0 Å². The van der Waals surface area contributed by atoms with Crippen LogP contribution in [0.15, 0.2) is 66.3 Å². The average Bonchev–Trinajstić information content (AvgIpc) is 2.53. The van der Waals surface area contributed by atoms with Gasteiger partial charge in [-0.3, -0.25) is 4.79 Å². The van der Waals surface area contributed by atoms with Crippen molar-refractivity contribution >= 4 is 23.7 Å². The summed E-state index contributed by atoms with van der Waals surface area (Å²) >= 11 is 5.95. The Hall–Kier alpha value is -2.59. The van der Waals surface area contributed by atoms with Crippen molar-refractivity contribution < 1.29 is 9.53 Å². The fourth-order valence-corrected chi connectivity index (χ4v) is 1.93. The molecule has 0 fully saturated rings. The molecule has 0 aromatic heterocycles. The van der Waals surface area contributed by atoms with Crippen LogP contribution in [-0.4, -0.2) is 18.7 Å². The Morgan fingerprint density at radius 3 is 2.86 bits per heavy atom. The van der Waals surface area contributed by atoms with E-state index >= 15 is 0 Å². The number of hydrogen-bond acceptors (Lipinski definition) is 3. The van der Waals surface area contributed by atoms with Crippen LogP contribution >= 0.6 is 11.6 Å². The second-order valence-electron chi connectivity index (χ2n) is 4.35.